The lowest BCUT2D eigenvalue weighted by molar-refractivity contribution is -0.119. The van der Waals surface area contributed by atoms with Crippen molar-refractivity contribution in [1.29, 1.82) is 0 Å². The maximum Gasteiger partial charge on any atom is 0.278 e. The van der Waals surface area contributed by atoms with E-state index in [1.807, 2.05) is 26.8 Å². The summed E-state index contributed by atoms with van der Waals surface area (Å²) >= 11 is 9.69. The number of anilines is 1. The predicted molar refractivity (Wildman–Crippen MR) is 138 cm³/mol. The molecule has 0 aliphatic heterocycles. The van der Waals surface area contributed by atoms with Gasteiger partial charge in [0.15, 0.2) is 6.61 Å². The number of methoxy groups -OCH3 is 1. The van der Waals surface area contributed by atoms with Crippen molar-refractivity contribution >= 4 is 49.1 Å². The summed E-state index contributed by atoms with van der Waals surface area (Å²) in [6.45, 7) is 5.37. The van der Waals surface area contributed by atoms with E-state index < -0.39 is 22.5 Å². The number of carbonyl (C=O) groups excluding carboxylic acids is 1. The zero-order valence-electron chi connectivity index (χ0n) is 19.2. The molecule has 3 rings (SSSR count). The molecule has 3 aromatic carbocycles. The van der Waals surface area contributed by atoms with E-state index in [-0.39, 0.29) is 21.5 Å². The summed E-state index contributed by atoms with van der Waals surface area (Å²) in [5.41, 5.74) is 1.87. The number of rotatable bonds is 8. The molecule has 0 radical (unpaired) electrons. The van der Waals surface area contributed by atoms with Gasteiger partial charge in [-0.05, 0) is 66.9 Å². The summed E-state index contributed by atoms with van der Waals surface area (Å²) in [6, 6.07) is 16.1. The zero-order chi connectivity index (χ0) is 25.0. The highest BCUT2D eigenvalue weighted by Gasteiger charge is 2.32. The number of amides is 1. The molecule has 1 amide bonds. The van der Waals surface area contributed by atoms with Gasteiger partial charge >= 0.3 is 0 Å². The summed E-state index contributed by atoms with van der Waals surface area (Å²) in [5.74, 6) is 0.236. The quantitative estimate of drug-likeness (QED) is 0.318. The van der Waals surface area contributed by atoms with Crippen molar-refractivity contribution in [3.63, 3.8) is 0 Å². The third-order valence-corrected chi connectivity index (χ3v) is 7.65. The molecule has 0 saturated carbocycles. The minimum Gasteiger partial charge on any atom is -0.495 e. The molecule has 3 aromatic rings. The topological polar surface area (TPSA) is 72.9 Å². The Balaban J connectivity index is 2.01. The van der Waals surface area contributed by atoms with Gasteiger partial charge in [0.2, 0.25) is 0 Å². The first-order valence-corrected chi connectivity index (χ1v) is 13.1. The van der Waals surface area contributed by atoms with Crippen LogP contribution in [0, 0.1) is 6.92 Å². The molecule has 0 aliphatic carbocycles. The van der Waals surface area contributed by atoms with E-state index in [0.717, 1.165) is 19.9 Å². The highest BCUT2D eigenvalue weighted by molar-refractivity contribution is 9.10. The highest BCUT2D eigenvalue weighted by atomic mass is 79.9. The monoisotopic (exact) mass is 565 g/mol. The largest absolute Gasteiger partial charge is 0.495 e. The van der Waals surface area contributed by atoms with Crippen LogP contribution in [0.4, 0.5) is 5.69 Å². The van der Waals surface area contributed by atoms with Crippen LogP contribution in [0.1, 0.15) is 30.9 Å². The van der Waals surface area contributed by atoms with E-state index in [0.29, 0.717) is 11.5 Å². The van der Waals surface area contributed by atoms with Crippen LogP contribution in [-0.2, 0) is 14.8 Å². The van der Waals surface area contributed by atoms with Crippen molar-refractivity contribution in [1.82, 2.24) is 0 Å². The van der Waals surface area contributed by atoms with E-state index in [1.54, 1.807) is 24.3 Å². The summed E-state index contributed by atoms with van der Waals surface area (Å²) in [5, 5.41) is 0.174. The molecule has 0 unspecified atom stereocenters. The molecular weight excluding hydrogens is 542 g/mol. The van der Waals surface area contributed by atoms with Gasteiger partial charge in [-0.3, -0.25) is 4.79 Å². The maximum atomic E-state index is 13.6. The lowest BCUT2D eigenvalue weighted by Crippen LogP contribution is -2.40. The minimum absolute atomic E-state index is 0.0232. The number of carbonyl (C=O) groups is 1. The van der Waals surface area contributed by atoms with Gasteiger partial charge in [0.05, 0.1) is 22.7 Å². The van der Waals surface area contributed by atoms with Crippen LogP contribution >= 0.6 is 27.5 Å². The lowest BCUT2D eigenvalue weighted by Gasteiger charge is -2.24. The number of sulfonamides is 1. The smallest absolute Gasteiger partial charge is 0.278 e. The molecule has 0 aromatic heterocycles. The van der Waals surface area contributed by atoms with Crippen molar-refractivity contribution < 1.29 is 22.7 Å². The maximum absolute atomic E-state index is 13.6. The molecule has 0 aliphatic rings. The Bertz CT molecular complexity index is 1290. The second-order valence-electron chi connectivity index (χ2n) is 7.92. The molecule has 34 heavy (non-hydrogen) atoms. The molecule has 180 valence electrons. The fourth-order valence-corrected chi connectivity index (χ4v) is 5.35. The van der Waals surface area contributed by atoms with Gasteiger partial charge in [0, 0.05) is 4.47 Å². The number of hydrogen-bond acceptors (Lipinski definition) is 5. The Labute approximate surface area is 213 Å². The second-order valence-corrected chi connectivity index (χ2v) is 11.0. The third-order valence-electron chi connectivity index (χ3n) is 5.10. The minimum atomic E-state index is -4.25. The van der Waals surface area contributed by atoms with Crippen LogP contribution in [0.5, 0.6) is 11.5 Å². The highest BCUT2D eigenvalue weighted by Crippen LogP contribution is 2.33. The lowest BCUT2D eigenvalue weighted by atomic mass is 10.0. The zero-order valence-corrected chi connectivity index (χ0v) is 22.4. The normalized spacial score (nSPS) is 11.4. The number of benzene rings is 3. The van der Waals surface area contributed by atoms with Gasteiger partial charge in [0.1, 0.15) is 11.5 Å². The average Bonchev–Trinajstić information content (AvgIpc) is 2.78. The molecule has 0 saturated heterocycles. The van der Waals surface area contributed by atoms with Crippen LogP contribution in [0.15, 0.2) is 70.0 Å². The Morgan fingerprint density at radius 2 is 1.68 bits per heavy atom. The van der Waals surface area contributed by atoms with Crippen molar-refractivity contribution in [3.05, 3.63) is 81.3 Å². The van der Waals surface area contributed by atoms with Crippen LogP contribution in [0.2, 0.25) is 5.02 Å². The molecule has 0 atom stereocenters. The molecule has 0 fully saturated rings. The van der Waals surface area contributed by atoms with Gasteiger partial charge in [-0.2, -0.15) is 4.31 Å². The first-order valence-electron chi connectivity index (χ1n) is 10.4. The summed E-state index contributed by atoms with van der Waals surface area (Å²) in [7, 11) is -2.80. The van der Waals surface area contributed by atoms with Gasteiger partial charge in [-0.25, -0.2) is 8.42 Å². The van der Waals surface area contributed by atoms with Crippen molar-refractivity contribution in [3.8, 4) is 11.5 Å². The Morgan fingerprint density at radius 3 is 2.26 bits per heavy atom. The molecular formula is C25H25BrClNO5S. The van der Waals surface area contributed by atoms with Crippen LogP contribution in [0.3, 0.4) is 0 Å². The first kappa shape index (κ1) is 26.1. The molecule has 9 heteroatoms. The number of hydrogen-bond donors (Lipinski definition) is 0. The third kappa shape index (κ3) is 5.74. The molecule has 0 spiro atoms. The summed E-state index contributed by atoms with van der Waals surface area (Å²) < 4.78 is 39.7. The summed E-state index contributed by atoms with van der Waals surface area (Å²) in [4.78, 5) is 13.3. The Morgan fingerprint density at radius 1 is 1.03 bits per heavy atom. The van der Waals surface area contributed by atoms with E-state index in [9.17, 15) is 13.2 Å². The van der Waals surface area contributed by atoms with Crippen molar-refractivity contribution in [2.45, 2.75) is 31.6 Å². The standard InChI is InChI=1S/C25H25BrClNO5S/c1-16(2)21-13-18(26)7-11-23(21)33-15-25(29)28(19-8-12-24(32-4)22(27)14-19)34(30,31)20-9-5-17(3)6-10-20/h5-14,16H,15H2,1-4H3. The SMILES string of the molecule is COc1ccc(N(C(=O)COc2ccc(Br)cc2C(C)C)S(=O)(=O)c2ccc(C)cc2)cc1Cl. The van der Waals surface area contributed by atoms with Crippen molar-refractivity contribution in [2.75, 3.05) is 18.0 Å². The molecule has 0 heterocycles. The van der Waals surface area contributed by atoms with Crippen LogP contribution < -0.4 is 13.8 Å². The molecule has 0 N–H and O–H groups in total. The Hall–Kier alpha value is -2.55. The second kappa shape index (κ2) is 10.8. The number of nitrogens with zero attached hydrogens (tertiary/aromatic N) is 1. The molecule has 0 bridgehead atoms. The average molecular weight is 567 g/mol. The van der Waals surface area contributed by atoms with Crippen LogP contribution in [-0.4, -0.2) is 28.0 Å². The van der Waals surface area contributed by atoms with E-state index in [1.165, 1.54) is 37.4 Å². The van der Waals surface area contributed by atoms with E-state index >= 15 is 0 Å². The van der Waals surface area contributed by atoms with Crippen molar-refractivity contribution in [2.24, 2.45) is 0 Å². The fraction of sp³-hybridized carbons (Fsp3) is 0.240. The molecule has 6 nitrogen and oxygen atoms in total. The van der Waals surface area contributed by atoms with E-state index in [2.05, 4.69) is 15.9 Å². The number of halogens is 2. The predicted octanol–water partition coefficient (Wildman–Crippen LogP) is 6.34. The number of aryl methyl sites for hydroxylation is 1. The van der Waals surface area contributed by atoms with E-state index in [4.69, 9.17) is 21.1 Å². The first-order chi connectivity index (χ1) is 16.0. The summed E-state index contributed by atoms with van der Waals surface area (Å²) in [6.07, 6.45) is 0. The number of ether oxygens (including phenoxy) is 2. The Kier molecular flexibility index (Phi) is 8.28. The van der Waals surface area contributed by atoms with Crippen LogP contribution in [0.25, 0.3) is 0 Å². The van der Waals surface area contributed by atoms with Gasteiger partial charge in [-0.1, -0.05) is 59.1 Å². The van der Waals surface area contributed by atoms with Gasteiger partial charge in [-0.15, -0.1) is 0 Å². The van der Waals surface area contributed by atoms with Gasteiger partial charge < -0.3 is 9.47 Å². The fourth-order valence-electron chi connectivity index (χ4n) is 3.31. The van der Waals surface area contributed by atoms with Gasteiger partial charge in [0.25, 0.3) is 15.9 Å².